The summed E-state index contributed by atoms with van der Waals surface area (Å²) in [5, 5.41) is 11.1. The highest BCUT2D eigenvalue weighted by atomic mass is 32.2. The van der Waals surface area contributed by atoms with Crippen LogP contribution < -0.4 is 18.9 Å². The van der Waals surface area contributed by atoms with E-state index in [1.54, 1.807) is 32.0 Å². The van der Waals surface area contributed by atoms with Gasteiger partial charge in [0.2, 0.25) is 10.0 Å². The van der Waals surface area contributed by atoms with E-state index < -0.39 is 10.0 Å². The number of ether oxygens (including phenoxy) is 3. The quantitative estimate of drug-likeness (QED) is 0.515. The highest BCUT2D eigenvalue weighted by Gasteiger charge is 2.24. The maximum Gasteiger partial charge on any atom is 0.244 e. The molecule has 0 fully saturated rings. The fourth-order valence-corrected chi connectivity index (χ4v) is 3.98. The third-order valence-electron chi connectivity index (χ3n) is 4.16. The van der Waals surface area contributed by atoms with Crippen LogP contribution in [0.15, 0.2) is 47.6 Å². The smallest absolute Gasteiger partial charge is 0.244 e. The van der Waals surface area contributed by atoms with E-state index in [2.05, 4.69) is 20.2 Å². The Bertz CT molecular complexity index is 1090. The molecule has 0 saturated carbocycles. The van der Waals surface area contributed by atoms with Gasteiger partial charge in [-0.2, -0.15) is 4.68 Å². The van der Waals surface area contributed by atoms with Gasteiger partial charge in [0.15, 0.2) is 0 Å². The van der Waals surface area contributed by atoms with Crippen LogP contribution in [0, 0.1) is 0 Å². The fourth-order valence-electron chi connectivity index (χ4n) is 2.83. The Morgan fingerprint density at radius 2 is 1.77 bits per heavy atom. The van der Waals surface area contributed by atoms with Crippen LogP contribution in [-0.2, 0) is 16.6 Å². The lowest BCUT2D eigenvalue weighted by molar-refractivity contribution is 0.321. The summed E-state index contributed by atoms with van der Waals surface area (Å²) in [6.45, 7) is 4.23. The monoisotopic (exact) mass is 433 g/mol. The molecule has 0 amide bonds. The second-order valence-electron chi connectivity index (χ2n) is 6.02. The summed E-state index contributed by atoms with van der Waals surface area (Å²) in [5.74, 6) is 1.07. The van der Waals surface area contributed by atoms with Gasteiger partial charge >= 0.3 is 0 Å². The summed E-state index contributed by atoms with van der Waals surface area (Å²) in [6.07, 6.45) is 1.39. The molecule has 1 aromatic heterocycles. The molecule has 3 rings (SSSR count). The molecule has 1 heterocycles. The van der Waals surface area contributed by atoms with Crippen molar-refractivity contribution in [2.24, 2.45) is 0 Å². The van der Waals surface area contributed by atoms with Crippen molar-refractivity contribution in [3.8, 4) is 22.9 Å². The first-order chi connectivity index (χ1) is 14.5. The van der Waals surface area contributed by atoms with Crippen LogP contribution in [0.4, 0.5) is 0 Å². The summed E-state index contributed by atoms with van der Waals surface area (Å²) in [6, 6.07) is 10.1. The van der Waals surface area contributed by atoms with Crippen LogP contribution >= 0.6 is 0 Å². The number of benzene rings is 2. The van der Waals surface area contributed by atoms with Gasteiger partial charge in [-0.3, -0.25) is 0 Å². The lowest BCUT2D eigenvalue weighted by atomic mass is 10.2. The standard InChI is InChI=1S/C19H23N5O5S/c1-4-28-17-11-19(18(29-5-2)10-15(17)24-13-20-22-23-24)30(25,26)21-12-14-8-6-7-9-16(14)27-3/h6-11,13,21H,4-5,12H2,1-3H3. The number of sulfonamides is 1. The van der Waals surface area contributed by atoms with E-state index in [0.29, 0.717) is 29.4 Å². The Balaban J connectivity index is 2.00. The zero-order chi connectivity index (χ0) is 21.6. The lowest BCUT2D eigenvalue weighted by Gasteiger charge is -2.17. The van der Waals surface area contributed by atoms with Crippen LogP contribution in [0.2, 0.25) is 0 Å². The molecule has 0 unspecified atom stereocenters. The first-order valence-electron chi connectivity index (χ1n) is 9.28. The Kier molecular flexibility index (Phi) is 6.85. The van der Waals surface area contributed by atoms with Crippen molar-refractivity contribution in [3.05, 3.63) is 48.3 Å². The van der Waals surface area contributed by atoms with Crippen LogP contribution in [0.3, 0.4) is 0 Å². The molecule has 0 aliphatic rings. The number of methoxy groups -OCH3 is 1. The molecule has 0 atom stereocenters. The van der Waals surface area contributed by atoms with Gasteiger partial charge in [0.05, 0.1) is 20.3 Å². The summed E-state index contributed by atoms with van der Waals surface area (Å²) in [4.78, 5) is -0.0421. The van der Waals surface area contributed by atoms with Gasteiger partial charge in [-0.1, -0.05) is 18.2 Å². The first-order valence-corrected chi connectivity index (χ1v) is 10.8. The molecule has 160 valence electrons. The predicted molar refractivity (Wildman–Crippen MR) is 109 cm³/mol. The van der Waals surface area contributed by atoms with Gasteiger partial charge in [-0.05, 0) is 30.3 Å². The van der Waals surface area contributed by atoms with Gasteiger partial charge in [0.25, 0.3) is 0 Å². The van der Waals surface area contributed by atoms with E-state index in [1.807, 2.05) is 12.1 Å². The van der Waals surface area contributed by atoms with E-state index in [-0.39, 0.29) is 23.8 Å². The van der Waals surface area contributed by atoms with Crippen LogP contribution in [-0.4, -0.2) is 48.9 Å². The molecule has 0 bridgehead atoms. The van der Waals surface area contributed by atoms with E-state index in [0.717, 1.165) is 0 Å². The SMILES string of the molecule is CCOc1cc(S(=O)(=O)NCc2ccccc2OC)c(OCC)cc1-n1cnnn1. The van der Waals surface area contributed by atoms with Crippen LogP contribution in [0.5, 0.6) is 17.2 Å². The van der Waals surface area contributed by atoms with Crippen LogP contribution in [0.1, 0.15) is 19.4 Å². The fraction of sp³-hybridized carbons (Fsp3) is 0.316. The minimum Gasteiger partial charge on any atom is -0.496 e. The Morgan fingerprint density at radius 3 is 2.43 bits per heavy atom. The highest BCUT2D eigenvalue weighted by molar-refractivity contribution is 7.89. The topological polar surface area (TPSA) is 117 Å². The minimum atomic E-state index is -3.93. The van der Waals surface area contributed by atoms with E-state index >= 15 is 0 Å². The van der Waals surface area contributed by atoms with Crippen molar-refractivity contribution in [2.45, 2.75) is 25.3 Å². The largest absolute Gasteiger partial charge is 0.496 e. The number of hydrogen-bond acceptors (Lipinski definition) is 8. The average Bonchev–Trinajstić information content (AvgIpc) is 3.28. The molecule has 3 aromatic rings. The van der Waals surface area contributed by atoms with E-state index in [1.165, 1.54) is 24.2 Å². The molecular weight excluding hydrogens is 410 g/mol. The molecule has 0 radical (unpaired) electrons. The van der Waals surface area contributed by atoms with Gasteiger partial charge in [-0.15, -0.1) is 5.10 Å². The van der Waals surface area contributed by atoms with Gasteiger partial charge in [-0.25, -0.2) is 13.1 Å². The second kappa shape index (κ2) is 9.55. The van der Waals surface area contributed by atoms with Gasteiger partial charge in [0.1, 0.15) is 34.2 Å². The number of rotatable bonds is 10. The normalized spacial score (nSPS) is 11.3. The molecule has 10 nitrogen and oxygen atoms in total. The van der Waals surface area contributed by atoms with Crippen molar-refractivity contribution in [3.63, 3.8) is 0 Å². The van der Waals surface area contributed by atoms with Crippen molar-refractivity contribution in [1.29, 1.82) is 0 Å². The summed E-state index contributed by atoms with van der Waals surface area (Å²) >= 11 is 0. The number of nitrogens with one attached hydrogen (secondary N) is 1. The molecule has 0 aliphatic heterocycles. The van der Waals surface area contributed by atoms with Gasteiger partial charge in [0, 0.05) is 24.2 Å². The molecule has 2 aromatic carbocycles. The van der Waals surface area contributed by atoms with Crippen molar-refractivity contribution < 1.29 is 22.6 Å². The summed E-state index contributed by atoms with van der Waals surface area (Å²) in [5.41, 5.74) is 1.17. The maximum absolute atomic E-state index is 13.1. The second-order valence-corrected chi connectivity index (χ2v) is 7.76. The number of tetrazole rings is 1. The molecule has 1 N–H and O–H groups in total. The number of para-hydroxylation sites is 1. The maximum atomic E-state index is 13.1. The lowest BCUT2D eigenvalue weighted by Crippen LogP contribution is -2.24. The minimum absolute atomic E-state index is 0.0421. The van der Waals surface area contributed by atoms with Gasteiger partial charge < -0.3 is 14.2 Å². The molecule has 0 saturated heterocycles. The average molecular weight is 433 g/mol. The number of aromatic nitrogens is 4. The zero-order valence-corrected chi connectivity index (χ0v) is 17.7. The summed E-state index contributed by atoms with van der Waals surface area (Å²) < 4.78 is 46.8. The first kappa shape index (κ1) is 21.5. The van der Waals surface area contributed by atoms with E-state index in [9.17, 15) is 8.42 Å². The van der Waals surface area contributed by atoms with Crippen molar-refractivity contribution in [1.82, 2.24) is 24.9 Å². The molecule has 0 spiro atoms. The third-order valence-corrected chi connectivity index (χ3v) is 5.58. The molecule has 0 aliphatic carbocycles. The Hall–Kier alpha value is -3.18. The van der Waals surface area contributed by atoms with Crippen molar-refractivity contribution in [2.75, 3.05) is 20.3 Å². The molecule has 30 heavy (non-hydrogen) atoms. The molecular formula is C19H23N5O5S. The number of hydrogen-bond donors (Lipinski definition) is 1. The summed E-state index contributed by atoms with van der Waals surface area (Å²) in [7, 11) is -2.40. The van der Waals surface area contributed by atoms with E-state index in [4.69, 9.17) is 14.2 Å². The molecule has 11 heteroatoms. The zero-order valence-electron chi connectivity index (χ0n) is 16.9. The highest BCUT2D eigenvalue weighted by Crippen LogP contribution is 2.34. The Morgan fingerprint density at radius 1 is 1.03 bits per heavy atom. The van der Waals surface area contributed by atoms with Crippen LogP contribution in [0.25, 0.3) is 5.69 Å². The van der Waals surface area contributed by atoms with Crippen molar-refractivity contribution >= 4 is 10.0 Å². The third kappa shape index (κ3) is 4.69. The Labute approximate surface area is 174 Å². The predicted octanol–water partition coefficient (Wildman–Crippen LogP) is 1.95. The number of nitrogens with zero attached hydrogens (tertiary/aromatic N) is 4.